The predicted molar refractivity (Wildman–Crippen MR) is 97.3 cm³/mol. The average molecular weight is 349 g/mol. The monoisotopic (exact) mass is 349 g/mol. The van der Waals surface area contributed by atoms with Crippen molar-refractivity contribution < 1.29 is 9.18 Å². The van der Waals surface area contributed by atoms with Gasteiger partial charge in [0.05, 0.1) is 11.2 Å². The minimum atomic E-state index is -0.285. The Kier molecular flexibility index (Phi) is 3.55. The number of halogens is 1. The van der Waals surface area contributed by atoms with Crippen LogP contribution in [-0.4, -0.2) is 21.3 Å². The van der Waals surface area contributed by atoms with E-state index in [1.54, 1.807) is 12.1 Å². The third-order valence-electron chi connectivity index (χ3n) is 5.43. The van der Waals surface area contributed by atoms with E-state index in [-0.39, 0.29) is 17.8 Å². The number of carbonyl (C=O) groups excluding carboxylic acids is 1. The molecule has 3 aromatic rings. The number of nitrogens with one attached hydrogen (secondary N) is 1. The highest BCUT2D eigenvalue weighted by atomic mass is 19.1. The Balaban J connectivity index is 1.53. The van der Waals surface area contributed by atoms with Gasteiger partial charge in [-0.15, -0.1) is 0 Å². The maximum absolute atomic E-state index is 13.3. The highest BCUT2D eigenvalue weighted by molar-refractivity contribution is 5.94. The van der Waals surface area contributed by atoms with Crippen molar-refractivity contribution in [1.82, 2.24) is 14.7 Å². The zero-order valence-electron chi connectivity index (χ0n) is 14.4. The smallest absolute Gasteiger partial charge is 0.287 e. The van der Waals surface area contributed by atoms with Crippen molar-refractivity contribution >= 4 is 11.4 Å². The largest absolute Gasteiger partial charge is 0.346 e. The number of amides is 1. The van der Waals surface area contributed by atoms with Gasteiger partial charge in [-0.05, 0) is 73.9 Å². The van der Waals surface area contributed by atoms with Crippen molar-refractivity contribution in [3.8, 4) is 11.3 Å². The minimum Gasteiger partial charge on any atom is -0.346 e. The SMILES string of the molecule is O=C(NC(C1CC1)C1CC1)c1nc(-c2ccc(F)cc2)c2ccccn12. The molecule has 0 unspecified atom stereocenters. The zero-order chi connectivity index (χ0) is 17.7. The fourth-order valence-corrected chi connectivity index (χ4v) is 3.77. The van der Waals surface area contributed by atoms with E-state index in [1.807, 2.05) is 28.8 Å². The maximum atomic E-state index is 13.3. The van der Waals surface area contributed by atoms with Crippen LogP contribution in [0.25, 0.3) is 16.8 Å². The third-order valence-corrected chi connectivity index (χ3v) is 5.43. The van der Waals surface area contributed by atoms with Crippen LogP contribution in [0, 0.1) is 17.7 Å². The lowest BCUT2D eigenvalue weighted by molar-refractivity contribution is 0.0915. The van der Waals surface area contributed by atoms with E-state index in [9.17, 15) is 9.18 Å². The molecule has 2 heterocycles. The first-order valence-corrected chi connectivity index (χ1v) is 9.24. The van der Waals surface area contributed by atoms with Gasteiger partial charge in [0.2, 0.25) is 5.82 Å². The molecule has 1 N–H and O–H groups in total. The second-order valence-corrected chi connectivity index (χ2v) is 7.42. The standard InChI is InChI=1S/C21H20FN3O/c22-16-10-8-15(9-11-16)19-17-3-1-2-12-25(17)20(23-19)21(26)24-18(13-4-5-13)14-6-7-14/h1-3,8-14,18H,4-7H2,(H,24,26). The highest BCUT2D eigenvalue weighted by Gasteiger charge is 2.42. The average Bonchev–Trinajstić information content (AvgIpc) is 3.57. The number of rotatable bonds is 5. The van der Waals surface area contributed by atoms with Gasteiger partial charge in [-0.2, -0.15) is 0 Å². The summed E-state index contributed by atoms with van der Waals surface area (Å²) in [4.78, 5) is 17.6. The number of nitrogens with zero attached hydrogens (tertiary/aromatic N) is 2. The molecule has 26 heavy (non-hydrogen) atoms. The van der Waals surface area contributed by atoms with Gasteiger partial charge in [-0.3, -0.25) is 9.20 Å². The van der Waals surface area contributed by atoms with Gasteiger partial charge in [-0.25, -0.2) is 9.37 Å². The summed E-state index contributed by atoms with van der Waals surface area (Å²) in [6, 6.07) is 12.3. The normalized spacial score (nSPS) is 17.0. The number of imidazole rings is 1. The molecule has 1 amide bonds. The first-order valence-electron chi connectivity index (χ1n) is 9.24. The molecule has 2 aliphatic carbocycles. The van der Waals surface area contributed by atoms with Gasteiger partial charge in [-0.1, -0.05) is 6.07 Å². The molecular weight excluding hydrogens is 329 g/mol. The first kappa shape index (κ1) is 15.6. The van der Waals surface area contributed by atoms with Crippen LogP contribution in [0.4, 0.5) is 4.39 Å². The van der Waals surface area contributed by atoms with Crippen molar-refractivity contribution in [2.24, 2.45) is 11.8 Å². The summed E-state index contributed by atoms with van der Waals surface area (Å²) in [7, 11) is 0. The Morgan fingerprint density at radius 2 is 1.77 bits per heavy atom. The van der Waals surface area contributed by atoms with Gasteiger partial charge in [0, 0.05) is 17.8 Å². The molecule has 0 atom stereocenters. The molecule has 0 bridgehead atoms. The fraction of sp³-hybridized carbons (Fsp3) is 0.333. The quantitative estimate of drug-likeness (QED) is 0.755. The summed E-state index contributed by atoms with van der Waals surface area (Å²) in [6.45, 7) is 0. The minimum absolute atomic E-state index is 0.122. The number of carbonyl (C=O) groups is 1. The van der Waals surface area contributed by atoms with Crippen LogP contribution in [0.15, 0.2) is 48.7 Å². The van der Waals surface area contributed by atoms with Crippen molar-refractivity contribution in [2.75, 3.05) is 0 Å². The van der Waals surface area contributed by atoms with Gasteiger partial charge in [0.25, 0.3) is 5.91 Å². The molecular formula is C21H20FN3O. The second kappa shape index (κ2) is 5.94. The van der Waals surface area contributed by atoms with Crippen molar-refractivity contribution in [1.29, 1.82) is 0 Å². The highest BCUT2D eigenvalue weighted by Crippen LogP contribution is 2.44. The summed E-state index contributed by atoms with van der Waals surface area (Å²) in [5, 5.41) is 3.24. The second-order valence-electron chi connectivity index (χ2n) is 7.42. The number of hydrogen-bond donors (Lipinski definition) is 1. The van der Waals surface area contributed by atoms with Gasteiger partial charge >= 0.3 is 0 Å². The van der Waals surface area contributed by atoms with Crippen LogP contribution in [0.3, 0.4) is 0 Å². The van der Waals surface area contributed by atoms with Crippen molar-refractivity contribution in [3.05, 3.63) is 60.3 Å². The molecule has 0 radical (unpaired) electrons. The third kappa shape index (κ3) is 2.77. The Bertz CT molecular complexity index is 959. The van der Waals surface area contributed by atoms with E-state index >= 15 is 0 Å². The predicted octanol–water partition coefficient (Wildman–Crippen LogP) is 4.06. The van der Waals surface area contributed by atoms with E-state index in [0.717, 1.165) is 11.1 Å². The summed E-state index contributed by atoms with van der Waals surface area (Å²) < 4.78 is 15.1. The molecule has 2 aliphatic rings. The molecule has 2 aromatic heterocycles. The number of aromatic nitrogens is 2. The van der Waals surface area contributed by atoms with Crippen molar-refractivity contribution in [2.45, 2.75) is 31.7 Å². The zero-order valence-corrected chi connectivity index (χ0v) is 14.4. The number of hydrogen-bond acceptors (Lipinski definition) is 2. The molecule has 4 nitrogen and oxygen atoms in total. The lowest BCUT2D eigenvalue weighted by Crippen LogP contribution is -2.38. The van der Waals surface area contributed by atoms with Gasteiger partial charge < -0.3 is 5.32 Å². The molecule has 0 aliphatic heterocycles. The van der Waals surface area contributed by atoms with Crippen LogP contribution in [0.2, 0.25) is 0 Å². The maximum Gasteiger partial charge on any atom is 0.287 e. The lowest BCUT2D eigenvalue weighted by Gasteiger charge is -2.17. The summed E-state index contributed by atoms with van der Waals surface area (Å²) in [6.07, 6.45) is 6.71. The van der Waals surface area contributed by atoms with E-state index in [0.29, 0.717) is 23.4 Å². The Morgan fingerprint density at radius 1 is 1.08 bits per heavy atom. The number of benzene rings is 1. The Labute approximate surface area is 151 Å². The van der Waals surface area contributed by atoms with E-state index in [4.69, 9.17) is 0 Å². The molecule has 1 aromatic carbocycles. The molecule has 0 spiro atoms. The van der Waals surface area contributed by atoms with Crippen LogP contribution in [0.1, 0.15) is 36.3 Å². The topological polar surface area (TPSA) is 46.4 Å². The first-order chi connectivity index (χ1) is 12.7. The van der Waals surface area contributed by atoms with Crippen LogP contribution in [0.5, 0.6) is 0 Å². The molecule has 2 saturated carbocycles. The van der Waals surface area contributed by atoms with Crippen molar-refractivity contribution in [3.63, 3.8) is 0 Å². The van der Waals surface area contributed by atoms with Crippen LogP contribution >= 0.6 is 0 Å². The number of pyridine rings is 1. The fourth-order valence-electron chi connectivity index (χ4n) is 3.77. The molecule has 0 saturated heterocycles. The lowest BCUT2D eigenvalue weighted by atomic mass is 10.1. The molecule has 2 fully saturated rings. The summed E-state index contributed by atoms with van der Waals surface area (Å²) in [5.41, 5.74) is 2.35. The molecule has 5 rings (SSSR count). The Morgan fingerprint density at radius 3 is 2.42 bits per heavy atom. The van der Waals surface area contributed by atoms with Gasteiger partial charge in [0.1, 0.15) is 5.82 Å². The van der Waals surface area contributed by atoms with E-state index < -0.39 is 0 Å². The molecule has 132 valence electrons. The van der Waals surface area contributed by atoms with Crippen LogP contribution < -0.4 is 5.32 Å². The van der Waals surface area contributed by atoms with Gasteiger partial charge in [0.15, 0.2) is 0 Å². The Hall–Kier alpha value is -2.69. The van der Waals surface area contributed by atoms with Crippen LogP contribution in [-0.2, 0) is 0 Å². The van der Waals surface area contributed by atoms with E-state index in [1.165, 1.54) is 37.8 Å². The summed E-state index contributed by atoms with van der Waals surface area (Å²) >= 11 is 0. The summed E-state index contributed by atoms with van der Waals surface area (Å²) in [5.74, 6) is 1.25. The van der Waals surface area contributed by atoms with E-state index in [2.05, 4.69) is 10.3 Å². The molecule has 5 heteroatoms. The number of fused-ring (bicyclic) bond motifs is 1.